The summed E-state index contributed by atoms with van der Waals surface area (Å²) < 4.78 is 25.8. The maximum Gasteiger partial charge on any atom is 0.211 e. The number of aromatic hydroxyl groups is 1. The topological polar surface area (TPSA) is 104 Å². The number of aliphatic hydroxyl groups is 1. The van der Waals surface area contributed by atoms with Gasteiger partial charge in [-0.15, -0.1) is 0 Å². The van der Waals surface area contributed by atoms with Gasteiger partial charge >= 0.3 is 0 Å². The number of phenols is 1. The molecule has 1 heterocycles. The Morgan fingerprint density at radius 1 is 1.12 bits per heavy atom. The number of hydrogen-bond donors (Lipinski definition) is 2. The lowest BCUT2D eigenvalue weighted by Crippen LogP contribution is -2.37. The Bertz CT molecular complexity index is 1250. The van der Waals surface area contributed by atoms with Gasteiger partial charge in [0.15, 0.2) is 0 Å². The van der Waals surface area contributed by atoms with Crippen LogP contribution in [0.2, 0.25) is 0 Å². The molecule has 1 aliphatic carbocycles. The van der Waals surface area contributed by atoms with E-state index in [4.69, 9.17) is 0 Å². The van der Waals surface area contributed by atoms with Gasteiger partial charge in [-0.2, -0.15) is 0 Å². The van der Waals surface area contributed by atoms with Crippen LogP contribution in [0.3, 0.4) is 0 Å². The maximum atomic E-state index is 12.2. The number of nitrogens with zero attached hydrogens (tertiary/aromatic N) is 3. The van der Waals surface area contributed by atoms with Crippen LogP contribution in [0.25, 0.3) is 11.1 Å². The van der Waals surface area contributed by atoms with Gasteiger partial charge < -0.3 is 10.2 Å². The molecule has 2 aromatic carbocycles. The minimum atomic E-state index is -3.32. The molecule has 0 unspecified atom stereocenters. The number of benzene rings is 2. The second-order valence-corrected chi connectivity index (χ2v) is 11.0. The van der Waals surface area contributed by atoms with E-state index in [1.807, 2.05) is 24.3 Å². The third-order valence-electron chi connectivity index (χ3n) is 6.62. The lowest BCUT2D eigenvalue weighted by atomic mass is 9.78. The predicted octanol–water partition coefficient (Wildman–Crippen LogP) is 3.27. The Labute approximate surface area is 194 Å². The largest absolute Gasteiger partial charge is 0.508 e. The first-order valence-electron chi connectivity index (χ1n) is 10.9. The Kier molecular flexibility index (Phi) is 6.52. The lowest BCUT2D eigenvalue weighted by molar-refractivity contribution is 0.274. The molecule has 3 aromatic rings. The minimum absolute atomic E-state index is 0.143. The summed E-state index contributed by atoms with van der Waals surface area (Å²) in [7, 11) is -1.69. The molecular weight excluding hydrogens is 438 g/mol. The molecule has 0 amide bonds. The number of phenolic OH excluding ortho intramolecular Hbond substituents is 1. The van der Waals surface area contributed by atoms with E-state index >= 15 is 0 Å². The van der Waals surface area contributed by atoms with E-state index in [0.717, 1.165) is 23.1 Å². The molecule has 0 radical (unpaired) electrons. The molecule has 2 N–H and O–H groups in total. The summed E-state index contributed by atoms with van der Waals surface area (Å²) in [5.41, 5.74) is 3.09. The van der Waals surface area contributed by atoms with E-state index in [9.17, 15) is 18.6 Å². The van der Waals surface area contributed by atoms with Crippen molar-refractivity contribution in [3.63, 3.8) is 0 Å². The number of aliphatic hydroxyl groups excluding tert-OH is 1. The molecule has 0 spiro atoms. The average Bonchev–Trinajstić information content (AvgIpc) is 3.23. The van der Waals surface area contributed by atoms with E-state index in [0.29, 0.717) is 30.8 Å². The summed E-state index contributed by atoms with van der Waals surface area (Å²) in [5.74, 6) is 0.854. The summed E-state index contributed by atoms with van der Waals surface area (Å²) in [5, 5.41) is 19.5. The number of hydrogen-bond acceptors (Lipinski definition) is 6. The highest BCUT2D eigenvalue weighted by atomic mass is 32.2. The summed E-state index contributed by atoms with van der Waals surface area (Å²) in [6.07, 6.45) is 5.58. The Morgan fingerprint density at radius 3 is 2.55 bits per heavy atom. The van der Waals surface area contributed by atoms with Crippen LogP contribution >= 0.6 is 0 Å². The van der Waals surface area contributed by atoms with Gasteiger partial charge in [0.05, 0.1) is 18.6 Å². The summed E-state index contributed by atoms with van der Waals surface area (Å²) in [6, 6.07) is 16.8. The first kappa shape index (κ1) is 23.4. The first-order chi connectivity index (χ1) is 15.7. The van der Waals surface area contributed by atoms with E-state index in [1.54, 1.807) is 31.4 Å². The van der Waals surface area contributed by atoms with Gasteiger partial charge in [-0.1, -0.05) is 36.4 Å². The van der Waals surface area contributed by atoms with Crippen LogP contribution in [-0.4, -0.2) is 52.2 Å². The molecule has 7 nitrogen and oxygen atoms in total. The van der Waals surface area contributed by atoms with Crippen LogP contribution in [0.15, 0.2) is 60.8 Å². The monoisotopic (exact) mass is 467 g/mol. The van der Waals surface area contributed by atoms with Crippen molar-refractivity contribution in [1.29, 1.82) is 0 Å². The highest BCUT2D eigenvalue weighted by Gasteiger charge is 2.45. The summed E-state index contributed by atoms with van der Waals surface area (Å²) in [6.45, 7) is -0.175. The molecule has 0 bridgehead atoms. The molecular formula is C25H29N3O4S. The van der Waals surface area contributed by atoms with E-state index < -0.39 is 15.4 Å². The zero-order chi connectivity index (χ0) is 23.6. The van der Waals surface area contributed by atoms with Crippen LogP contribution in [0, 0.1) is 0 Å². The molecule has 0 aliphatic heterocycles. The van der Waals surface area contributed by atoms with Crippen LogP contribution in [0.5, 0.6) is 5.75 Å². The molecule has 1 saturated carbocycles. The fourth-order valence-electron chi connectivity index (χ4n) is 4.80. The van der Waals surface area contributed by atoms with Crippen molar-refractivity contribution in [2.24, 2.45) is 0 Å². The molecule has 8 heteroatoms. The normalized spacial score (nSPS) is 20.9. The minimum Gasteiger partial charge on any atom is -0.508 e. The highest BCUT2D eigenvalue weighted by molar-refractivity contribution is 7.88. The first-order valence-corrected chi connectivity index (χ1v) is 12.8. The lowest BCUT2D eigenvalue weighted by Gasteiger charge is -2.30. The van der Waals surface area contributed by atoms with Crippen LogP contribution in [0.1, 0.15) is 36.3 Å². The smallest absolute Gasteiger partial charge is 0.211 e. The average molecular weight is 468 g/mol. The highest BCUT2D eigenvalue weighted by Crippen LogP contribution is 2.44. The van der Waals surface area contributed by atoms with Gasteiger partial charge in [-0.3, -0.25) is 0 Å². The van der Waals surface area contributed by atoms with Crippen LogP contribution < -0.4 is 0 Å². The third-order valence-corrected chi connectivity index (χ3v) is 7.96. The molecule has 2 atom stereocenters. The van der Waals surface area contributed by atoms with E-state index in [1.165, 1.54) is 10.6 Å². The maximum absolute atomic E-state index is 12.2. The van der Waals surface area contributed by atoms with E-state index in [2.05, 4.69) is 22.1 Å². The van der Waals surface area contributed by atoms with Crippen molar-refractivity contribution in [2.45, 2.75) is 43.7 Å². The number of sulfonamides is 1. The molecule has 0 saturated heterocycles. The molecule has 1 fully saturated rings. The number of aromatic nitrogens is 2. The second-order valence-electron chi connectivity index (χ2n) is 8.91. The van der Waals surface area contributed by atoms with E-state index in [-0.39, 0.29) is 18.4 Å². The fraction of sp³-hybridized carbons (Fsp3) is 0.360. The van der Waals surface area contributed by atoms with Gasteiger partial charge in [-0.25, -0.2) is 22.7 Å². The second kappa shape index (κ2) is 9.21. The van der Waals surface area contributed by atoms with Gasteiger partial charge in [-0.05, 0) is 60.6 Å². The standard InChI is InChI=1S/C25H29N3O4S/c1-28(33(2,31)32)22-9-11-25(16-22,24-26-12-10-21(17-29)27-24)15-18-5-3-6-19(13-18)20-7-4-8-23(30)14-20/h3-8,10,12-14,22,29-30H,9,11,15-17H2,1-2H3/t22-,25+/m0/s1. The Balaban J connectivity index is 1.72. The number of rotatable bonds is 7. The molecule has 4 rings (SSSR count). The van der Waals surface area contributed by atoms with Crippen molar-refractivity contribution in [3.8, 4) is 16.9 Å². The zero-order valence-corrected chi connectivity index (χ0v) is 19.7. The summed E-state index contributed by atoms with van der Waals surface area (Å²) in [4.78, 5) is 9.19. The SMILES string of the molecule is CN([C@H]1CC[C@](Cc2cccc(-c3cccc(O)c3)c2)(c2nccc(CO)n2)C1)S(C)(=O)=O. The molecule has 1 aromatic heterocycles. The molecule has 1 aliphatic rings. The molecule has 174 valence electrons. The van der Waals surface area contributed by atoms with Crippen molar-refractivity contribution >= 4 is 10.0 Å². The van der Waals surface area contributed by atoms with Crippen molar-refractivity contribution in [2.75, 3.05) is 13.3 Å². The van der Waals surface area contributed by atoms with Crippen molar-refractivity contribution in [3.05, 3.63) is 77.9 Å². The quantitative estimate of drug-likeness (QED) is 0.553. The van der Waals surface area contributed by atoms with Crippen molar-refractivity contribution < 1.29 is 18.6 Å². The summed E-state index contributed by atoms with van der Waals surface area (Å²) >= 11 is 0. The van der Waals surface area contributed by atoms with Gasteiger partial charge in [0.1, 0.15) is 11.6 Å². The van der Waals surface area contributed by atoms with Gasteiger partial charge in [0, 0.05) is 24.7 Å². The third kappa shape index (κ3) is 5.08. The van der Waals surface area contributed by atoms with Gasteiger partial charge in [0.2, 0.25) is 10.0 Å². The van der Waals surface area contributed by atoms with Gasteiger partial charge in [0.25, 0.3) is 0 Å². The Hall–Kier alpha value is -2.81. The zero-order valence-electron chi connectivity index (χ0n) is 18.8. The fourth-order valence-corrected chi connectivity index (χ4v) is 5.52. The van der Waals surface area contributed by atoms with Crippen molar-refractivity contribution in [1.82, 2.24) is 14.3 Å². The molecule has 33 heavy (non-hydrogen) atoms. The van der Waals surface area contributed by atoms with Crippen LogP contribution in [-0.2, 0) is 28.5 Å². The van der Waals surface area contributed by atoms with Crippen LogP contribution in [0.4, 0.5) is 0 Å². The Morgan fingerprint density at radius 2 is 1.85 bits per heavy atom. The predicted molar refractivity (Wildman–Crippen MR) is 127 cm³/mol.